The summed E-state index contributed by atoms with van der Waals surface area (Å²) in [5.41, 5.74) is 0. The third-order valence-corrected chi connectivity index (χ3v) is 9.78. The normalized spacial score (nSPS) is 14.2. The highest BCUT2D eigenvalue weighted by atomic mass is 31.2. The Morgan fingerprint density at radius 1 is 0.558 bits per heavy atom. The summed E-state index contributed by atoms with van der Waals surface area (Å²) < 4.78 is 32.6. The van der Waals surface area contributed by atoms with Crippen LogP contribution in [0.1, 0.15) is 187 Å². The lowest BCUT2D eigenvalue weighted by Gasteiger charge is -2.20. The molecule has 0 aromatic carbocycles. The molecule has 0 aliphatic carbocycles. The van der Waals surface area contributed by atoms with E-state index >= 15 is 0 Å². The van der Waals surface area contributed by atoms with Crippen LogP contribution in [0.4, 0.5) is 0 Å². The molecule has 0 heterocycles. The van der Waals surface area contributed by atoms with Crippen LogP contribution in [0.15, 0.2) is 24.3 Å². The summed E-state index contributed by atoms with van der Waals surface area (Å²) in [5.74, 6) is -0.938. The Kier molecular flexibility index (Phi) is 36.6. The molecule has 0 saturated heterocycles. The number of hydrogen-bond donors (Lipinski definition) is 3. The zero-order chi connectivity index (χ0) is 38.4. The van der Waals surface area contributed by atoms with Crippen LogP contribution >= 0.6 is 7.82 Å². The molecule has 0 aliphatic rings. The quantitative estimate of drug-likeness (QED) is 0.0239. The number of phosphoric ester groups is 1. The number of esters is 2. The predicted molar refractivity (Wildman–Crippen MR) is 210 cm³/mol. The van der Waals surface area contributed by atoms with Crippen molar-refractivity contribution in [2.45, 2.75) is 199 Å². The first kappa shape index (κ1) is 50.5. The number of hydrogen-bond acceptors (Lipinski definition) is 9. The van der Waals surface area contributed by atoms with Crippen LogP contribution in [0.5, 0.6) is 0 Å². The predicted octanol–water partition coefficient (Wildman–Crippen LogP) is 10.6. The highest BCUT2D eigenvalue weighted by Gasteiger charge is 2.27. The molecule has 0 saturated carbocycles. The maximum Gasteiger partial charge on any atom is 0.472 e. The summed E-state index contributed by atoms with van der Waals surface area (Å²) in [6.07, 6.45) is 35.7. The van der Waals surface area contributed by atoms with Gasteiger partial charge in [0.05, 0.1) is 19.8 Å². The van der Waals surface area contributed by atoms with Gasteiger partial charge in [0.1, 0.15) is 12.7 Å². The maximum atomic E-state index is 12.6. The minimum Gasteiger partial charge on any atom is -0.462 e. The summed E-state index contributed by atoms with van der Waals surface area (Å²) in [7, 11) is -4.61. The van der Waals surface area contributed by atoms with Crippen molar-refractivity contribution >= 4 is 19.8 Å². The smallest absolute Gasteiger partial charge is 0.462 e. The van der Waals surface area contributed by atoms with Crippen LogP contribution in [0.2, 0.25) is 0 Å². The molecule has 0 spiro atoms. The van der Waals surface area contributed by atoms with Gasteiger partial charge in [0.15, 0.2) is 6.10 Å². The van der Waals surface area contributed by atoms with Crippen molar-refractivity contribution in [2.75, 3.05) is 26.4 Å². The molecule has 10 nitrogen and oxygen atoms in total. The molecular formula is C41H77O10P. The Hall–Kier alpha value is -1.55. The van der Waals surface area contributed by atoms with Crippen LogP contribution in [0.3, 0.4) is 0 Å². The lowest BCUT2D eigenvalue weighted by atomic mass is 10.1. The number of rotatable bonds is 39. The van der Waals surface area contributed by atoms with Crippen molar-refractivity contribution < 1.29 is 47.8 Å². The van der Waals surface area contributed by atoms with E-state index in [1.807, 2.05) is 0 Å². The fourth-order valence-corrected chi connectivity index (χ4v) is 6.36. The molecule has 0 fully saturated rings. The van der Waals surface area contributed by atoms with Crippen molar-refractivity contribution in [3.63, 3.8) is 0 Å². The Morgan fingerprint density at radius 2 is 0.942 bits per heavy atom. The molecule has 0 aliphatic heterocycles. The highest BCUT2D eigenvalue weighted by molar-refractivity contribution is 7.47. The number of phosphoric acid groups is 1. The molecule has 0 radical (unpaired) electrons. The number of allylic oxidation sites excluding steroid dienone is 4. The van der Waals surface area contributed by atoms with E-state index in [2.05, 4.69) is 42.7 Å². The minimum absolute atomic E-state index is 0.174. The molecule has 0 aromatic rings. The Balaban J connectivity index is 4.30. The van der Waals surface area contributed by atoms with Crippen LogP contribution in [-0.4, -0.2) is 65.7 Å². The topological polar surface area (TPSA) is 149 Å². The monoisotopic (exact) mass is 761 g/mol. The fraction of sp³-hybridized carbons (Fsp3) is 0.854. The van der Waals surface area contributed by atoms with E-state index in [1.165, 1.54) is 83.5 Å². The highest BCUT2D eigenvalue weighted by Crippen LogP contribution is 2.43. The molecule has 3 N–H and O–H groups in total. The van der Waals surface area contributed by atoms with E-state index in [0.717, 1.165) is 64.2 Å². The molecule has 0 amide bonds. The van der Waals surface area contributed by atoms with Crippen molar-refractivity contribution in [3.8, 4) is 0 Å². The third-order valence-electron chi connectivity index (χ3n) is 8.83. The van der Waals surface area contributed by atoms with E-state index in [-0.39, 0.29) is 19.4 Å². The SMILES string of the molecule is CCCCC/C=C\CCCCCCCC(=O)O[C@H](COC(=O)CCCCCCCCC/C=C\CCCCCCCC)COP(=O)(O)OC[C@@H](O)CO. The second-order valence-electron chi connectivity index (χ2n) is 14.0. The number of carbonyl (C=O) groups excluding carboxylic acids is 2. The van der Waals surface area contributed by atoms with Crippen molar-refractivity contribution in [1.82, 2.24) is 0 Å². The van der Waals surface area contributed by atoms with Crippen LogP contribution < -0.4 is 0 Å². The van der Waals surface area contributed by atoms with Crippen molar-refractivity contribution in [3.05, 3.63) is 24.3 Å². The van der Waals surface area contributed by atoms with Gasteiger partial charge in [-0.1, -0.05) is 134 Å². The van der Waals surface area contributed by atoms with Gasteiger partial charge in [-0.15, -0.1) is 0 Å². The Bertz CT molecular complexity index is 925. The molecule has 306 valence electrons. The van der Waals surface area contributed by atoms with E-state index in [9.17, 15) is 24.2 Å². The van der Waals surface area contributed by atoms with E-state index in [1.54, 1.807) is 0 Å². The molecule has 11 heteroatoms. The van der Waals surface area contributed by atoms with Gasteiger partial charge >= 0.3 is 19.8 Å². The van der Waals surface area contributed by atoms with Crippen molar-refractivity contribution in [2.24, 2.45) is 0 Å². The average Bonchev–Trinajstić information content (AvgIpc) is 3.13. The van der Waals surface area contributed by atoms with Gasteiger partial charge in [0.2, 0.25) is 0 Å². The second-order valence-corrected chi connectivity index (χ2v) is 15.5. The molecule has 0 rings (SSSR count). The Labute approximate surface area is 317 Å². The van der Waals surface area contributed by atoms with Gasteiger partial charge < -0.3 is 24.6 Å². The lowest BCUT2D eigenvalue weighted by molar-refractivity contribution is -0.161. The van der Waals surface area contributed by atoms with Crippen LogP contribution in [0.25, 0.3) is 0 Å². The van der Waals surface area contributed by atoms with Crippen LogP contribution in [0, 0.1) is 0 Å². The summed E-state index contributed by atoms with van der Waals surface area (Å²) in [5, 5.41) is 18.3. The molecule has 0 bridgehead atoms. The van der Waals surface area contributed by atoms with Gasteiger partial charge in [-0.25, -0.2) is 4.57 Å². The number of carbonyl (C=O) groups is 2. The maximum absolute atomic E-state index is 12.6. The zero-order valence-electron chi connectivity index (χ0n) is 33.0. The lowest BCUT2D eigenvalue weighted by Crippen LogP contribution is -2.29. The standard InChI is InChI=1S/C41H77O10P/c1-3-5-7-9-11-13-15-17-18-19-20-21-23-24-26-28-30-32-40(44)48-36-39(37-50-52(46,47)49-35-38(43)34-42)51-41(45)33-31-29-27-25-22-16-14-12-10-8-6-4-2/h12,14,17-18,38-39,42-43H,3-11,13,15-16,19-37H2,1-2H3,(H,46,47)/b14-12-,18-17-/t38-,39+/m0/s1. The third kappa shape index (κ3) is 36.8. The first-order valence-electron chi connectivity index (χ1n) is 20.8. The van der Waals surface area contributed by atoms with Gasteiger partial charge in [-0.3, -0.25) is 18.6 Å². The first-order chi connectivity index (χ1) is 25.2. The molecule has 3 atom stereocenters. The Morgan fingerprint density at radius 3 is 1.42 bits per heavy atom. The number of aliphatic hydroxyl groups excluding tert-OH is 2. The zero-order valence-corrected chi connectivity index (χ0v) is 33.9. The molecule has 0 aromatic heterocycles. The van der Waals surface area contributed by atoms with Gasteiger partial charge in [-0.2, -0.15) is 0 Å². The van der Waals surface area contributed by atoms with Gasteiger partial charge in [-0.05, 0) is 64.2 Å². The van der Waals surface area contributed by atoms with Crippen LogP contribution in [-0.2, 0) is 32.7 Å². The van der Waals surface area contributed by atoms with E-state index in [0.29, 0.717) is 12.8 Å². The van der Waals surface area contributed by atoms with Crippen molar-refractivity contribution in [1.29, 1.82) is 0 Å². The number of aliphatic hydroxyl groups is 2. The summed E-state index contributed by atoms with van der Waals surface area (Å²) in [4.78, 5) is 34.9. The van der Waals surface area contributed by atoms with E-state index in [4.69, 9.17) is 19.1 Å². The van der Waals surface area contributed by atoms with E-state index < -0.39 is 51.8 Å². The van der Waals surface area contributed by atoms with Gasteiger partial charge in [0.25, 0.3) is 0 Å². The second kappa shape index (κ2) is 37.8. The first-order valence-corrected chi connectivity index (χ1v) is 22.3. The molecule has 1 unspecified atom stereocenters. The number of unbranched alkanes of at least 4 members (excludes halogenated alkanes) is 21. The number of ether oxygens (including phenoxy) is 2. The van der Waals surface area contributed by atoms with Gasteiger partial charge in [0, 0.05) is 12.8 Å². The summed E-state index contributed by atoms with van der Waals surface area (Å²) >= 11 is 0. The fourth-order valence-electron chi connectivity index (χ4n) is 5.57. The summed E-state index contributed by atoms with van der Waals surface area (Å²) in [6.45, 7) is 2.34. The summed E-state index contributed by atoms with van der Waals surface area (Å²) in [6, 6.07) is 0. The largest absolute Gasteiger partial charge is 0.472 e. The average molecular weight is 761 g/mol. The minimum atomic E-state index is -4.61. The molecule has 52 heavy (non-hydrogen) atoms. The molecular weight excluding hydrogens is 683 g/mol.